The molecule has 3 heterocycles. The summed E-state index contributed by atoms with van der Waals surface area (Å²) < 4.78 is 34.3. The summed E-state index contributed by atoms with van der Waals surface area (Å²) in [4.78, 5) is 13.4. The van der Waals surface area contributed by atoms with Gasteiger partial charge in [-0.2, -0.15) is 0 Å². The van der Waals surface area contributed by atoms with Crippen LogP contribution < -0.4 is 5.32 Å². The van der Waals surface area contributed by atoms with E-state index in [1.165, 1.54) is 212 Å². The number of ether oxygens (including phenoxy) is 6. The third kappa shape index (κ3) is 34.5. The SMILES string of the molecule is CCCCCCCCC/C=C/CC/C=C/C(O)C(COC1OC(CO)C(OC2OC(CO)C(OC3OC(CO)C(O)C(O)C3O)C(O)C2O)C(O)C1O)NC(=O)CCCCCCCCCCCCCCCCCCCCCCCCCCCCCCCCC. The van der Waals surface area contributed by atoms with E-state index in [9.17, 15) is 61.0 Å². The highest BCUT2D eigenvalue weighted by Crippen LogP contribution is 2.33. The topological polar surface area (TPSA) is 307 Å². The van der Waals surface area contributed by atoms with Crippen LogP contribution in [0.15, 0.2) is 24.3 Å². The first-order valence-corrected chi connectivity index (χ1v) is 36.1. The molecule has 3 aliphatic rings. The summed E-state index contributed by atoms with van der Waals surface area (Å²) in [5.74, 6) is -0.281. The Balaban J connectivity index is 1.36. The molecule has 0 radical (unpaired) electrons. The predicted octanol–water partition coefficient (Wildman–Crippen LogP) is 9.83. The molecule has 17 atom stereocenters. The Labute approximate surface area is 537 Å². The van der Waals surface area contributed by atoms with E-state index in [2.05, 4.69) is 31.3 Å². The quantitative estimate of drug-likeness (QED) is 0.0199. The molecule has 3 saturated heterocycles. The van der Waals surface area contributed by atoms with Gasteiger partial charge >= 0.3 is 0 Å². The molecule has 524 valence electrons. The van der Waals surface area contributed by atoms with Crippen molar-refractivity contribution >= 4 is 5.91 Å². The van der Waals surface area contributed by atoms with Crippen molar-refractivity contribution in [3.05, 3.63) is 24.3 Å². The van der Waals surface area contributed by atoms with E-state index in [-0.39, 0.29) is 18.9 Å². The Morgan fingerprint density at radius 1 is 0.393 bits per heavy atom. The number of hydrogen-bond acceptors (Lipinski definition) is 18. The molecule has 0 saturated carbocycles. The zero-order chi connectivity index (χ0) is 64.7. The van der Waals surface area contributed by atoms with Crippen molar-refractivity contribution in [2.45, 2.75) is 388 Å². The summed E-state index contributed by atoms with van der Waals surface area (Å²) >= 11 is 0. The van der Waals surface area contributed by atoms with Gasteiger partial charge in [0.1, 0.15) is 73.2 Å². The molecule has 3 rings (SSSR count). The van der Waals surface area contributed by atoms with Crippen LogP contribution in [0.5, 0.6) is 0 Å². The van der Waals surface area contributed by atoms with Crippen LogP contribution in [0.2, 0.25) is 0 Å². The summed E-state index contributed by atoms with van der Waals surface area (Å²) in [6.07, 6.45) is 33.3. The van der Waals surface area contributed by atoms with Crippen LogP contribution in [-0.2, 0) is 33.2 Å². The number of aliphatic hydroxyl groups excluding tert-OH is 11. The molecule has 0 aromatic rings. The van der Waals surface area contributed by atoms with Gasteiger partial charge in [0.25, 0.3) is 0 Å². The minimum atomic E-state index is -1.98. The zero-order valence-electron chi connectivity index (χ0n) is 55.4. The minimum absolute atomic E-state index is 0.241. The third-order valence-corrected chi connectivity index (χ3v) is 18.3. The van der Waals surface area contributed by atoms with Crippen molar-refractivity contribution in [1.82, 2.24) is 5.32 Å². The first-order valence-electron chi connectivity index (χ1n) is 36.1. The van der Waals surface area contributed by atoms with E-state index in [1.807, 2.05) is 6.08 Å². The van der Waals surface area contributed by atoms with Gasteiger partial charge in [-0.05, 0) is 32.1 Å². The van der Waals surface area contributed by atoms with Crippen LogP contribution >= 0.6 is 0 Å². The van der Waals surface area contributed by atoms with E-state index < -0.39 is 124 Å². The molecule has 3 aliphatic heterocycles. The predicted molar refractivity (Wildman–Crippen MR) is 346 cm³/mol. The van der Waals surface area contributed by atoms with E-state index in [0.29, 0.717) is 12.8 Å². The lowest BCUT2D eigenvalue weighted by Gasteiger charge is -2.48. The van der Waals surface area contributed by atoms with Gasteiger partial charge < -0.3 is 89.9 Å². The summed E-state index contributed by atoms with van der Waals surface area (Å²) in [6, 6.07) is -0.986. The Morgan fingerprint density at radius 2 is 0.719 bits per heavy atom. The van der Waals surface area contributed by atoms with Crippen LogP contribution in [0.4, 0.5) is 0 Å². The summed E-state index contributed by atoms with van der Waals surface area (Å²) in [5.41, 5.74) is 0. The lowest BCUT2D eigenvalue weighted by atomic mass is 9.96. The van der Waals surface area contributed by atoms with Crippen molar-refractivity contribution in [1.29, 1.82) is 0 Å². The first-order chi connectivity index (χ1) is 43.3. The van der Waals surface area contributed by atoms with Crippen molar-refractivity contribution in [3.8, 4) is 0 Å². The van der Waals surface area contributed by atoms with Gasteiger partial charge in [-0.3, -0.25) is 4.79 Å². The highest BCUT2D eigenvalue weighted by molar-refractivity contribution is 5.76. The molecular weight excluding hydrogens is 1140 g/mol. The van der Waals surface area contributed by atoms with Crippen molar-refractivity contribution in [2.24, 2.45) is 0 Å². The van der Waals surface area contributed by atoms with Gasteiger partial charge in [-0.15, -0.1) is 0 Å². The number of allylic oxidation sites excluding steroid dienone is 3. The fraction of sp³-hybridized carbons (Fsp3) is 0.929. The number of amides is 1. The highest BCUT2D eigenvalue weighted by Gasteiger charge is 2.53. The molecule has 12 N–H and O–H groups in total. The van der Waals surface area contributed by atoms with E-state index in [1.54, 1.807) is 6.08 Å². The Bertz CT molecular complexity index is 1710. The number of nitrogens with one attached hydrogen (secondary N) is 1. The molecule has 0 bridgehead atoms. The van der Waals surface area contributed by atoms with Crippen LogP contribution in [0.1, 0.15) is 284 Å². The smallest absolute Gasteiger partial charge is 0.220 e. The second-order valence-corrected chi connectivity index (χ2v) is 26.1. The summed E-state index contributed by atoms with van der Waals surface area (Å²) in [6.45, 7) is 1.73. The standard InChI is InChI=1S/C70H131NO18/c1-3-5-7-9-11-13-15-17-18-19-20-21-22-23-24-25-26-27-28-29-30-31-32-33-34-36-38-40-42-44-46-48-58(76)71-53(54(75)47-45-43-41-39-37-35-16-14-12-10-8-6-4-2)52-84-68-64(82)61(79)66(56(50-73)86-68)89-70-65(83)62(80)67(57(51-74)87-70)88-69-63(81)60(78)59(77)55(49-72)85-69/h37,39,45,47,53-57,59-70,72-75,77-83H,3-36,38,40-44,46,48-52H2,1-2H3,(H,71,76)/b39-37+,47-45+. The zero-order valence-corrected chi connectivity index (χ0v) is 55.4. The van der Waals surface area contributed by atoms with Crippen LogP contribution in [0, 0.1) is 0 Å². The third-order valence-electron chi connectivity index (χ3n) is 18.3. The number of carbonyl (C=O) groups is 1. The molecule has 89 heavy (non-hydrogen) atoms. The molecule has 19 heteroatoms. The molecule has 3 fully saturated rings. The molecule has 1 amide bonds. The van der Waals surface area contributed by atoms with Crippen molar-refractivity contribution in [2.75, 3.05) is 26.4 Å². The fourth-order valence-corrected chi connectivity index (χ4v) is 12.4. The summed E-state index contributed by atoms with van der Waals surface area (Å²) in [7, 11) is 0. The van der Waals surface area contributed by atoms with Crippen LogP contribution in [-0.4, -0.2) is 193 Å². The Hall–Kier alpha value is -1.73. The van der Waals surface area contributed by atoms with E-state index in [0.717, 1.165) is 38.5 Å². The van der Waals surface area contributed by atoms with Gasteiger partial charge in [0.2, 0.25) is 5.91 Å². The molecule has 19 nitrogen and oxygen atoms in total. The average Bonchev–Trinajstić information content (AvgIpc) is 3.18. The van der Waals surface area contributed by atoms with Gasteiger partial charge in [-0.25, -0.2) is 0 Å². The van der Waals surface area contributed by atoms with Crippen LogP contribution in [0.25, 0.3) is 0 Å². The number of rotatable bonds is 56. The molecule has 0 aliphatic carbocycles. The van der Waals surface area contributed by atoms with E-state index >= 15 is 0 Å². The van der Waals surface area contributed by atoms with Gasteiger partial charge in [0, 0.05) is 6.42 Å². The lowest BCUT2D eigenvalue weighted by molar-refractivity contribution is -0.379. The number of aliphatic hydroxyl groups is 11. The second-order valence-electron chi connectivity index (χ2n) is 26.1. The van der Waals surface area contributed by atoms with Crippen molar-refractivity contribution < 1.29 is 89.4 Å². The number of hydrogen-bond donors (Lipinski definition) is 12. The Morgan fingerprint density at radius 3 is 1.12 bits per heavy atom. The van der Waals surface area contributed by atoms with E-state index in [4.69, 9.17) is 28.4 Å². The van der Waals surface area contributed by atoms with Crippen LogP contribution in [0.3, 0.4) is 0 Å². The minimum Gasteiger partial charge on any atom is -0.394 e. The lowest BCUT2D eigenvalue weighted by Crippen LogP contribution is -2.66. The molecular formula is C70H131NO18. The molecule has 0 aromatic heterocycles. The maximum absolute atomic E-state index is 13.4. The van der Waals surface area contributed by atoms with Gasteiger partial charge in [-0.1, -0.05) is 269 Å². The average molecular weight is 1270 g/mol. The van der Waals surface area contributed by atoms with Crippen molar-refractivity contribution in [3.63, 3.8) is 0 Å². The fourth-order valence-electron chi connectivity index (χ4n) is 12.4. The molecule has 0 spiro atoms. The Kier molecular flexibility index (Phi) is 48.1. The highest BCUT2D eigenvalue weighted by atomic mass is 16.8. The monoisotopic (exact) mass is 1270 g/mol. The van der Waals surface area contributed by atoms with Gasteiger partial charge in [0.05, 0.1) is 38.6 Å². The maximum Gasteiger partial charge on any atom is 0.220 e. The molecule has 0 aromatic carbocycles. The second kappa shape index (κ2) is 52.5. The number of carbonyl (C=O) groups excluding carboxylic acids is 1. The normalized spacial score (nSPS) is 28.3. The first kappa shape index (κ1) is 81.5. The summed E-state index contributed by atoms with van der Waals surface area (Å²) in [5, 5.41) is 120. The largest absolute Gasteiger partial charge is 0.394 e. The van der Waals surface area contributed by atoms with Gasteiger partial charge in [0.15, 0.2) is 18.9 Å². The molecule has 17 unspecified atom stereocenters. The number of unbranched alkanes of at least 4 members (excludes halogenated alkanes) is 38. The maximum atomic E-state index is 13.4.